The van der Waals surface area contributed by atoms with Crippen molar-refractivity contribution in [3.63, 3.8) is 0 Å². The Balaban J connectivity index is 1.80. The Morgan fingerprint density at radius 2 is 1.84 bits per heavy atom. The predicted molar refractivity (Wildman–Crippen MR) is 69.0 cm³/mol. The van der Waals surface area contributed by atoms with Crippen LogP contribution in [0.5, 0.6) is 5.75 Å². The first-order valence-corrected chi connectivity index (χ1v) is 7.50. The molecule has 0 saturated carbocycles. The maximum Gasteiger partial charge on any atom is 0.294 e. The molecule has 1 aliphatic heterocycles. The zero-order chi connectivity index (χ0) is 13.7. The van der Waals surface area contributed by atoms with Crippen LogP contribution >= 0.6 is 0 Å². The van der Waals surface area contributed by atoms with Crippen LogP contribution < -0.4 is 4.74 Å². The second kappa shape index (κ2) is 6.33. The molecule has 0 bridgehead atoms. The van der Waals surface area contributed by atoms with Crippen molar-refractivity contribution in [1.82, 2.24) is 4.90 Å². The fourth-order valence-electron chi connectivity index (χ4n) is 1.83. The first-order chi connectivity index (χ1) is 9.05. The van der Waals surface area contributed by atoms with E-state index >= 15 is 0 Å². The third-order valence-corrected chi connectivity index (χ3v) is 3.77. The van der Waals surface area contributed by atoms with Crippen molar-refractivity contribution >= 4 is 10.1 Å². The third kappa shape index (κ3) is 4.46. The van der Waals surface area contributed by atoms with Gasteiger partial charge in [-0.25, -0.2) is 0 Å². The number of benzene rings is 1. The number of nitrogens with zero attached hydrogens (tertiary/aromatic N) is 1. The molecule has 0 unspecified atom stereocenters. The van der Waals surface area contributed by atoms with E-state index in [0.29, 0.717) is 12.4 Å². The summed E-state index contributed by atoms with van der Waals surface area (Å²) in [6, 6.07) is 5.70. The minimum atomic E-state index is -4.13. The molecule has 1 aliphatic rings. The second-order valence-electron chi connectivity index (χ2n) is 4.25. The van der Waals surface area contributed by atoms with E-state index in [1.807, 2.05) is 0 Å². The zero-order valence-corrected chi connectivity index (χ0v) is 11.3. The van der Waals surface area contributed by atoms with Crippen LogP contribution in [0.1, 0.15) is 0 Å². The fourth-order valence-corrected chi connectivity index (χ4v) is 2.31. The lowest BCUT2D eigenvalue weighted by Crippen LogP contribution is -2.38. The normalized spacial score (nSPS) is 17.3. The van der Waals surface area contributed by atoms with Gasteiger partial charge in [0.15, 0.2) is 0 Å². The summed E-state index contributed by atoms with van der Waals surface area (Å²) in [7, 11) is -4.13. The molecule has 0 spiro atoms. The molecule has 6 nitrogen and oxygen atoms in total. The van der Waals surface area contributed by atoms with Gasteiger partial charge in [0.1, 0.15) is 12.4 Å². The third-order valence-electron chi connectivity index (χ3n) is 2.90. The Morgan fingerprint density at radius 1 is 1.21 bits per heavy atom. The summed E-state index contributed by atoms with van der Waals surface area (Å²) in [5, 5.41) is 0. The first-order valence-electron chi connectivity index (χ1n) is 6.06. The van der Waals surface area contributed by atoms with Gasteiger partial charge in [-0.3, -0.25) is 9.45 Å². The summed E-state index contributed by atoms with van der Waals surface area (Å²) in [5.41, 5.74) is 0. The number of ether oxygens (including phenoxy) is 2. The summed E-state index contributed by atoms with van der Waals surface area (Å²) in [5.74, 6) is 0.584. The van der Waals surface area contributed by atoms with Gasteiger partial charge in [0.05, 0.1) is 18.1 Å². The molecule has 0 amide bonds. The lowest BCUT2D eigenvalue weighted by atomic mass is 10.3. The molecule has 7 heteroatoms. The molecule has 0 aromatic heterocycles. The van der Waals surface area contributed by atoms with Crippen LogP contribution in [0.4, 0.5) is 0 Å². The van der Waals surface area contributed by atoms with E-state index in [0.717, 1.165) is 32.8 Å². The molecule has 0 aliphatic carbocycles. The highest BCUT2D eigenvalue weighted by molar-refractivity contribution is 7.85. The molecular weight excluding hydrogens is 270 g/mol. The van der Waals surface area contributed by atoms with E-state index < -0.39 is 10.1 Å². The van der Waals surface area contributed by atoms with Gasteiger partial charge >= 0.3 is 0 Å². The molecule has 1 aromatic rings. The molecule has 2 rings (SSSR count). The highest BCUT2D eigenvalue weighted by Crippen LogP contribution is 2.15. The molecular formula is C12H17NO5S. The first kappa shape index (κ1) is 14.3. The fraction of sp³-hybridized carbons (Fsp3) is 0.500. The molecule has 0 radical (unpaired) electrons. The zero-order valence-electron chi connectivity index (χ0n) is 10.5. The van der Waals surface area contributed by atoms with Gasteiger partial charge in [-0.1, -0.05) is 0 Å². The van der Waals surface area contributed by atoms with Crippen LogP contribution in [-0.4, -0.2) is 57.3 Å². The second-order valence-corrected chi connectivity index (χ2v) is 5.67. The number of morpholine rings is 1. The van der Waals surface area contributed by atoms with Gasteiger partial charge in [-0.2, -0.15) is 8.42 Å². The van der Waals surface area contributed by atoms with E-state index in [1.165, 1.54) is 24.3 Å². The quantitative estimate of drug-likeness (QED) is 0.801. The number of hydrogen-bond acceptors (Lipinski definition) is 5. The lowest BCUT2D eigenvalue weighted by molar-refractivity contribution is 0.0322. The average molecular weight is 287 g/mol. The SMILES string of the molecule is O=S(=O)(O)c1ccc(OCCN2CCOCC2)cc1. The van der Waals surface area contributed by atoms with E-state index in [-0.39, 0.29) is 4.90 Å². The standard InChI is InChI=1S/C12H17NO5S/c14-19(15,16)12-3-1-11(2-4-12)18-10-7-13-5-8-17-9-6-13/h1-4H,5-10H2,(H,14,15,16). The molecule has 0 atom stereocenters. The smallest absolute Gasteiger partial charge is 0.294 e. The van der Waals surface area contributed by atoms with E-state index in [1.54, 1.807) is 0 Å². The molecule has 1 fully saturated rings. The van der Waals surface area contributed by atoms with Gasteiger partial charge in [-0.15, -0.1) is 0 Å². The highest BCUT2D eigenvalue weighted by Gasteiger charge is 2.11. The number of hydrogen-bond donors (Lipinski definition) is 1. The van der Waals surface area contributed by atoms with Gasteiger partial charge in [-0.05, 0) is 24.3 Å². The van der Waals surface area contributed by atoms with Crippen LogP contribution in [0.25, 0.3) is 0 Å². The molecule has 1 saturated heterocycles. The van der Waals surface area contributed by atoms with E-state index in [4.69, 9.17) is 14.0 Å². The summed E-state index contributed by atoms with van der Waals surface area (Å²) in [4.78, 5) is 2.11. The van der Waals surface area contributed by atoms with Gasteiger partial charge in [0.2, 0.25) is 0 Å². The Labute approximate surface area is 112 Å². The summed E-state index contributed by atoms with van der Waals surface area (Å²) in [6.07, 6.45) is 0. The molecule has 1 aromatic carbocycles. The molecule has 106 valence electrons. The summed E-state index contributed by atoms with van der Waals surface area (Å²) in [6.45, 7) is 4.66. The van der Waals surface area contributed by atoms with Crippen LogP contribution in [-0.2, 0) is 14.9 Å². The Hall–Kier alpha value is -1.15. The topological polar surface area (TPSA) is 76.1 Å². The van der Waals surface area contributed by atoms with Gasteiger partial charge < -0.3 is 9.47 Å². The van der Waals surface area contributed by atoms with Gasteiger partial charge in [0.25, 0.3) is 10.1 Å². The van der Waals surface area contributed by atoms with E-state index in [2.05, 4.69) is 4.90 Å². The van der Waals surface area contributed by atoms with Crippen LogP contribution in [0.3, 0.4) is 0 Å². The number of rotatable bonds is 5. The minimum absolute atomic E-state index is 0.131. The van der Waals surface area contributed by atoms with Crippen molar-refractivity contribution in [2.24, 2.45) is 0 Å². The molecule has 1 heterocycles. The Kier molecular flexibility index (Phi) is 4.76. The maximum absolute atomic E-state index is 10.9. The van der Waals surface area contributed by atoms with Crippen molar-refractivity contribution in [1.29, 1.82) is 0 Å². The highest BCUT2D eigenvalue weighted by atomic mass is 32.2. The lowest BCUT2D eigenvalue weighted by Gasteiger charge is -2.26. The van der Waals surface area contributed by atoms with Crippen LogP contribution in [0, 0.1) is 0 Å². The van der Waals surface area contributed by atoms with E-state index in [9.17, 15) is 8.42 Å². The van der Waals surface area contributed by atoms with Crippen molar-refractivity contribution in [2.75, 3.05) is 39.5 Å². The minimum Gasteiger partial charge on any atom is -0.492 e. The maximum atomic E-state index is 10.9. The molecule has 19 heavy (non-hydrogen) atoms. The summed E-state index contributed by atoms with van der Waals surface area (Å²) >= 11 is 0. The average Bonchev–Trinajstić information content (AvgIpc) is 2.39. The van der Waals surface area contributed by atoms with Gasteiger partial charge in [0, 0.05) is 19.6 Å². The van der Waals surface area contributed by atoms with Crippen molar-refractivity contribution in [3.8, 4) is 5.75 Å². The van der Waals surface area contributed by atoms with Crippen molar-refractivity contribution in [2.45, 2.75) is 4.90 Å². The van der Waals surface area contributed by atoms with Crippen LogP contribution in [0.15, 0.2) is 29.2 Å². The van der Waals surface area contributed by atoms with Crippen LogP contribution in [0.2, 0.25) is 0 Å². The Bertz CT molecular complexity index is 493. The van der Waals surface area contributed by atoms with Crippen molar-refractivity contribution < 1.29 is 22.4 Å². The largest absolute Gasteiger partial charge is 0.492 e. The summed E-state index contributed by atoms with van der Waals surface area (Å²) < 4.78 is 41.3. The molecule has 1 N–H and O–H groups in total. The Morgan fingerprint density at radius 3 is 2.42 bits per heavy atom. The predicted octanol–water partition coefficient (Wildman–Crippen LogP) is 0.644. The monoisotopic (exact) mass is 287 g/mol. The van der Waals surface area contributed by atoms with Crippen molar-refractivity contribution in [3.05, 3.63) is 24.3 Å².